The highest BCUT2D eigenvalue weighted by Gasteiger charge is 2.14. The third-order valence-electron chi connectivity index (χ3n) is 4.15. The Morgan fingerprint density at radius 2 is 1.35 bits per heavy atom. The van der Waals surface area contributed by atoms with Gasteiger partial charge in [-0.15, -0.1) is 0 Å². The molecular weight excluding hydrogens is 308 g/mol. The molecule has 0 aliphatic heterocycles. The highest BCUT2D eigenvalue weighted by Crippen LogP contribution is 2.12. The van der Waals surface area contributed by atoms with Gasteiger partial charge in [0.2, 0.25) is 0 Å². The molecule has 0 bridgehead atoms. The van der Waals surface area contributed by atoms with Crippen LogP contribution in [0.15, 0.2) is 0 Å². The van der Waals surface area contributed by atoms with Crippen LogP contribution in [0.25, 0.3) is 0 Å². The highest BCUT2D eigenvalue weighted by molar-refractivity contribution is 7.81. The van der Waals surface area contributed by atoms with Crippen LogP contribution in [0, 0.1) is 0 Å². The Hall–Kier alpha value is -0.220. The van der Waals surface area contributed by atoms with Gasteiger partial charge in [0.25, 0.3) is 0 Å². The Labute approximate surface area is 149 Å². The summed E-state index contributed by atoms with van der Waals surface area (Å²) in [7, 11) is 0. The summed E-state index contributed by atoms with van der Waals surface area (Å²) in [5.41, 5.74) is 0. The number of esters is 1. The van der Waals surface area contributed by atoms with Crippen molar-refractivity contribution in [2.24, 2.45) is 0 Å². The number of rotatable bonds is 17. The SMILES string of the molecule is CCCCCCCCCCCCCCOC(=O)C(S)CCCO. The summed E-state index contributed by atoms with van der Waals surface area (Å²) in [5.74, 6) is -0.246. The van der Waals surface area contributed by atoms with E-state index in [1.54, 1.807) is 0 Å². The first kappa shape index (κ1) is 22.8. The second kappa shape index (κ2) is 18.1. The van der Waals surface area contributed by atoms with Crippen molar-refractivity contribution >= 4 is 18.6 Å². The molecule has 1 atom stereocenters. The molecule has 0 fully saturated rings. The minimum atomic E-state index is -0.389. The van der Waals surface area contributed by atoms with Crippen molar-refractivity contribution in [3.05, 3.63) is 0 Å². The molecule has 0 amide bonds. The number of unbranched alkanes of at least 4 members (excludes halogenated alkanes) is 11. The molecule has 1 unspecified atom stereocenters. The highest BCUT2D eigenvalue weighted by atomic mass is 32.1. The molecule has 0 aromatic heterocycles. The molecule has 0 saturated heterocycles. The van der Waals surface area contributed by atoms with E-state index in [9.17, 15) is 4.79 Å². The fourth-order valence-corrected chi connectivity index (χ4v) is 2.87. The molecule has 0 aromatic rings. The average molecular weight is 347 g/mol. The van der Waals surface area contributed by atoms with E-state index in [0.29, 0.717) is 19.4 Å². The van der Waals surface area contributed by atoms with E-state index in [4.69, 9.17) is 9.84 Å². The summed E-state index contributed by atoms with van der Waals surface area (Å²) in [4.78, 5) is 11.6. The van der Waals surface area contributed by atoms with Crippen LogP contribution in [0.5, 0.6) is 0 Å². The van der Waals surface area contributed by atoms with Gasteiger partial charge in [-0.1, -0.05) is 77.6 Å². The molecule has 0 radical (unpaired) electrons. The van der Waals surface area contributed by atoms with Crippen molar-refractivity contribution in [3.8, 4) is 0 Å². The Balaban J connectivity index is 3.19. The number of aliphatic hydroxyl groups is 1. The number of ether oxygens (including phenoxy) is 1. The molecule has 0 heterocycles. The number of hydrogen-bond acceptors (Lipinski definition) is 4. The summed E-state index contributed by atoms with van der Waals surface area (Å²) >= 11 is 4.19. The summed E-state index contributed by atoms with van der Waals surface area (Å²) in [6.45, 7) is 2.87. The first-order valence-electron chi connectivity index (χ1n) is 9.68. The summed E-state index contributed by atoms with van der Waals surface area (Å²) in [6.07, 6.45) is 16.8. The van der Waals surface area contributed by atoms with Crippen LogP contribution in [0.1, 0.15) is 96.8 Å². The van der Waals surface area contributed by atoms with Gasteiger partial charge in [0, 0.05) is 6.61 Å². The first-order chi connectivity index (χ1) is 11.2. The van der Waals surface area contributed by atoms with Gasteiger partial charge in [-0.05, 0) is 19.3 Å². The molecule has 138 valence electrons. The quantitative estimate of drug-likeness (QED) is 0.213. The van der Waals surface area contributed by atoms with E-state index >= 15 is 0 Å². The predicted octanol–water partition coefficient (Wildman–Crippen LogP) is 5.30. The Kier molecular flexibility index (Phi) is 18.0. The zero-order chi connectivity index (χ0) is 17.2. The summed E-state index contributed by atoms with van der Waals surface area (Å²) in [6, 6.07) is 0. The first-order valence-corrected chi connectivity index (χ1v) is 10.2. The van der Waals surface area contributed by atoms with Crippen molar-refractivity contribution in [1.82, 2.24) is 0 Å². The molecule has 3 nitrogen and oxygen atoms in total. The fraction of sp³-hybridized carbons (Fsp3) is 0.947. The topological polar surface area (TPSA) is 46.5 Å². The molecule has 0 rings (SSSR count). The van der Waals surface area contributed by atoms with Crippen LogP contribution in [-0.4, -0.2) is 29.5 Å². The van der Waals surface area contributed by atoms with Crippen LogP contribution in [0.4, 0.5) is 0 Å². The second-order valence-corrected chi connectivity index (χ2v) is 7.06. The molecule has 1 N–H and O–H groups in total. The number of aliphatic hydroxyl groups excluding tert-OH is 1. The van der Waals surface area contributed by atoms with Gasteiger partial charge in [0.05, 0.1) is 11.9 Å². The van der Waals surface area contributed by atoms with Crippen LogP contribution in [0.3, 0.4) is 0 Å². The van der Waals surface area contributed by atoms with E-state index in [-0.39, 0.29) is 17.8 Å². The Bertz CT molecular complexity index is 259. The van der Waals surface area contributed by atoms with E-state index in [1.807, 2.05) is 0 Å². The summed E-state index contributed by atoms with van der Waals surface area (Å²) in [5, 5.41) is 8.32. The molecule has 4 heteroatoms. The van der Waals surface area contributed by atoms with E-state index in [0.717, 1.165) is 12.8 Å². The molecule has 0 spiro atoms. The maximum Gasteiger partial charge on any atom is 0.318 e. The standard InChI is InChI=1S/C19H38O3S/c1-2-3-4-5-6-7-8-9-10-11-12-13-17-22-19(21)18(23)15-14-16-20/h18,20,23H,2-17H2,1H3. The smallest absolute Gasteiger partial charge is 0.318 e. The van der Waals surface area contributed by atoms with Crippen molar-refractivity contribution in [1.29, 1.82) is 0 Å². The van der Waals surface area contributed by atoms with Gasteiger partial charge < -0.3 is 9.84 Å². The lowest BCUT2D eigenvalue weighted by Gasteiger charge is -2.10. The molecular formula is C19H38O3S. The zero-order valence-electron chi connectivity index (χ0n) is 15.1. The van der Waals surface area contributed by atoms with Crippen LogP contribution in [0.2, 0.25) is 0 Å². The van der Waals surface area contributed by atoms with E-state index < -0.39 is 0 Å². The number of carbonyl (C=O) groups excluding carboxylic acids is 1. The van der Waals surface area contributed by atoms with Crippen LogP contribution in [-0.2, 0) is 9.53 Å². The van der Waals surface area contributed by atoms with Crippen LogP contribution < -0.4 is 0 Å². The van der Waals surface area contributed by atoms with Crippen molar-refractivity contribution in [2.45, 2.75) is 102 Å². The maximum absolute atomic E-state index is 11.6. The average Bonchev–Trinajstić information content (AvgIpc) is 2.56. The third kappa shape index (κ3) is 16.4. The van der Waals surface area contributed by atoms with Crippen molar-refractivity contribution in [2.75, 3.05) is 13.2 Å². The number of thiol groups is 1. The summed E-state index contributed by atoms with van der Waals surface area (Å²) < 4.78 is 5.20. The van der Waals surface area contributed by atoms with Gasteiger partial charge in [0.1, 0.15) is 0 Å². The minimum absolute atomic E-state index is 0.100. The second-order valence-electron chi connectivity index (χ2n) is 6.44. The van der Waals surface area contributed by atoms with Crippen LogP contribution >= 0.6 is 12.6 Å². The lowest BCUT2D eigenvalue weighted by atomic mass is 10.1. The van der Waals surface area contributed by atoms with Gasteiger partial charge in [0.15, 0.2) is 0 Å². The molecule has 0 aliphatic carbocycles. The lowest BCUT2D eigenvalue weighted by molar-refractivity contribution is -0.143. The minimum Gasteiger partial charge on any atom is -0.465 e. The lowest BCUT2D eigenvalue weighted by Crippen LogP contribution is -2.19. The molecule has 0 aliphatic rings. The van der Waals surface area contributed by atoms with Gasteiger partial charge in [-0.3, -0.25) is 4.79 Å². The predicted molar refractivity (Wildman–Crippen MR) is 101 cm³/mol. The fourth-order valence-electron chi connectivity index (χ4n) is 2.61. The zero-order valence-corrected chi connectivity index (χ0v) is 16.0. The molecule has 0 aromatic carbocycles. The number of hydrogen-bond donors (Lipinski definition) is 2. The normalized spacial score (nSPS) is 12.3. The largest absolute Gasteiger partial charge is 0.465 e. The molecule has 0 saturated carbocycles. The maximum atomic E-state index is 11.6. The van der Waals surface area contributed by atoms with Crippen molar-refractivity contribution in [3.63, 3.8) is 0 Å². The van der Waals surface area contributed by atoms with Gasteiger partial charge >= 0.3 is 5.97 Å². The number of carbonyl (C=O) groups is 1. The third-order valence-corrected chi connectivity index (χ3v) is 4.62. The Morgan fingerprint density at radius 1 is 0.870 bits per heavy atom. The monoisotopic (exact) mass is 346 g/mol. The van der Waals surface area contributed by atoms with Gasteiger partial charge in [-0.25, -0.2) is 0 Å². The van der Waals surface area contributed by atoms with E-state index in [2.05, 4.69) is 19.6 Å². The molecule has 23 heavy (non-hydrogen) atoms. The Morgan fingerprint density at radius 3 is 1.83 bits per heavy atom. The van der Waals surface area contributed by atoms with E-state index in [1.165, 1.54) is 64.2 Å². The van der Waals surface area contributed by atoms with Gasteiger partial charge in [-0.2, -0.15) is 12.6 Å². The van der Waals surface area contributed by atoms with Crippen molar-refractivity contribution < 1.29 is 14.6 Å².